The molecule has 1 amide bonds. The lowest BCUT2D eigenvalue weighted by atomic mass is 9.87. The van der Waals surface area contributed by atoms with Crippen LogP contribution in [0.5, 0.6) is 0 Å². The summed E-state index contributed by atoms with van der Waals surface area (Å²) < 4.78 is 0. The molecule has 1 rings (SSSR count). The summed E-state index contributed by atoms with van der Waals surface area (Å²) in [5.74, 6) is -0.00474. The fourth-order valence-electron chi connectivity index (χ4n) is 2.00. The van der Waals surface area contributed by atoms with Crippen LogP contribution in [0.2, 0.25) is 0 Å². The van der Waals surface area contributed by atoms with Gasteiger partial charge in [-0.25, -0.2) is 0 Å². The standard InChI is InChI=1S/C13H26N2O/c1-5-6-13(7-8-13)9-15-11(16)10(14)12(2,3)4/h10H,5-9,14H2,1-4H3,(H,15,16)/t10-/m1/s1. The zero-order valence-electron chi connectivity index (χ0n) is 11.1. The van der Waals surface area contributed by atoms with Crippen LogP contribution in [0, 0.1) is 10.8 Å². The predicted molar refractivity (Wildman–Crippen MR) is 67.0 cm³/mol. The van der Waals surface area contributed by atoms with Gasteiger partial charge in [-0.15, -0.1) is 0 Å². The van der Waals surface area contributed by atoms with Crippen LogP contribution in [0.4, 0.5) is 0 Å². The van der Waals surface area contributed by atoms with Crippen LogP contribution in [0.15, 0.2) is 0 Å². The summed E-state index contributed by atoms with van der Waals surface area (Å²) in [7, 11) is 0. The van der Waals surface area contributed by atoms with Gasteiger partial charge in [0.25, 0.3) is 0 Å². The summed E-state index contributed by atoms with van der Waals surface area (Å²) >= 11 is 0. The van der Waals surface area contributed by atoms with Gasteiger partial charge in [0.15, 0.2) is 0 Å². The fourth-order valence-corrected chi connectivity index (χ4v) is 2.00. The summed E-state index contributed by atoms with van der Waals surface area (Å²) in [4.78, 5) is 11.8. The van der Waals surface area contributed by atoms with E-state index in [1.165, 1.54) is 25.7 Å². The normalized spacial score (nSPS) is 20.3. The van der Waals surface area contributed by atoms with Gasteiger partial charge < -0.3 is 11.1 Å². The Balaban J connectivity index is 2.36. The molecule has 0 unspecified atom stereocenters. The van der Waals surface area contributed by atoms with Crippen molar-refractivity contribution < 1.29 is 4.79 Å². The second-order valence-corrected chi connectivity index (χ2v) is 6.31. The van der Waals surface area contributed by atoms with E-state index < -0.39 is 6.04 Å². The zero-order valence-corrected chi connectivity index (χ0v) is 11.1. The lowest BCUT2D eigenvalue weighted by Crippen LogP contribution is -2.49. The van der Waals surface area contributed by atoms with Gasteiger partial charge in [0.05, 0.1) is 6.04 Å². The van der Waals surface area contributed by atoms with Crippen molar-refractivity contribution in [2.24, 2.45) is 16.6 Å². The Morgan fingerprint density at radius 2 is 2.00 bits per heavy atom. The zero-order chi connectivity index (χ0) is 12.4. The third-order valence-corrected chi connectivity index (χ3v) is 3.59. The molecule has 0 aromatic rings. The highest BCUT2D eigenvalue weighted by atomic mass is 16.2. The molecule has 3 N–H and O–H groups in total. The van der Waals surface area contributed by atoms with E-state index in [4.69, 9.17) is 5.73 Å². The van der Waals surface area contributed by atoms with Gasteiger partial charge in [-0.2, -0.15) is 0 Å². The number of nitrogens with one attached hydrogen (secondary N) is 1. The lowest BCUT2D eigenvalue weighted by molar-refractivity contribution is -0.124. The number of hydrogen-bond donors (Lipinski definition) is 2. The molecule has 1 atom stereocenters. The molecule has 1 saturated carbocycles. The Morgan fingerprint density at radius 3 is 2.38 bits per heavy atom. The SMILES string of the molecule is CCCC1(CNC(=O)[C@@H](N)C(C)(C)C)CC1. The molecule has 3 nitrogen and oxygen atoms in total. The first kappa shape index (κ1) is 13.5. The van der Waals surface area contributed by atoms with E-state index in [1.807, 2.05) is 20.8 Å². The minimum atomic E-state index is -0.412. The van der Waals surface area contributed by atoms with Crippen molar-refractivity contribution in [3.05, 3.63) is 0 Å². The van der Waals surface area contributed by atoms with Crippen molar-refractivity contribution >= 4 is 5.91 Å². The first-order valence-electron chi connectivity index (χ1n) is 6.34. The molecular weight excluding hydrogens is 200 g/mol. The van der Waals surface area contributed by atoms with E-state index in [9.17, 15) is 4.79 Å². The molecular formula is C13H26N2O. The molecule has 1 fully saturated rings. The second kappa shape index (κ2) is 4.74. The van der Waals surface area contributed by atoms with Crippen molar-refractivity contribution in [1.29, 1.82) is 0 Å². The summed E-state index contributed by atoms with van der Waals surface area (Å²) in [5, 5.41) is 3.01. The van der Waals surface area contributed by atoms with Gasteiger partial charge in [0, 0.05) is 6.54 Å². The summed E-state index contributed by atoms with van der Waals surface area (Å²) in [6, 6.07) is -0.412. The number of amides is 1. The highest BCUT2D eigenvalue weighted by Crippen LogP contribution is 2.48. The minimum absolute atomic E-state index is 0.00474. The highest BCUT2D eigenvalue weighted by Gasteiger charge is 2.42. The molecule has 0 heterocycles. The Hall–Kier alpha value is -0.570. The van der Waals surface area contributed by atoms with Gasteiger partial charge in [-0.3, -0.25) is 4.79 Å². The number of carbonyl (C=O) groups is 1. The first-order chi connectivity index (χ1) is 7.31. The average Bonchev–Trinajstić information content (AvgIpc) is 2.93. The monoisotopic (exact) mass is 226 g/mol. The summed E-state index contributed by atoms with van der Waals surface area (Å²) in [5.41, 5.74) is 6.15. The summed E-state index contributed by atoms with van der Waals surface area (Å²) in [6.07, 6.45) is 4.93. The minimum Gasteiger partial charge on any atom is -0.354 e. The molecule has 3 heteroatoms. The molecule has 0 spiro atoms. The molecule has 1 aliphatic carbocycles. The first-order valence-corrected chi connectivity index (χ1v) is 6.34. The quantitative estimate of drug-likeness (QED) is 0.754. The molecule has 0 bridgehead atoms. The molecule has 0 radical (unpaired) electrons. The lowest BCUT2D eigenvalue weighted by Gasteiger charge is -2.26. The van der Waals surface area contributed by atoms with E-state index >= 15 is 0 Å². The summed E-state index contributed by atoms with van der Waals surface area (Å²) in [6.45, 7) is 8.99. The molecule has 0 aliphatic heterocycles. The van der Waals surface area contributed by atoms with Crippen molar-refractivity contribution in [2.45, 2.75) is 59.4 Å². The largest absolute Gasteiger partial charge is 0.354 e. The molecule has 94 valence electrons. The third kappa shape index (κ3) is 3.48. The number of hydrogen-bond acceptors (Lipinski definition) is 2. The Labute approximate surface area is 99.2 Å². The van der Waals surface area contributed by atoms with Gasteiger partial charge in [0.2, 0.25) is 5.91 Å². The van der Waals surface area contributed by atoms with Gasteiger partial charge in [-0.1, -0.05) is 34.1 Å². The van der Waals surface area contributed by atoms with Crippen molar-refractivity contribution in [2.75, 3.05) is 6.54 Å². The van der Waals surface area contributed by atoms with Gasteiger partial charge >= 0.3 is 0 Å². The van der Waals surface area contributed by atoms with Crippen molar-refractivity contribution in [1.82, 2.24) is 5.32 Å². The average molecular weight is 226 g/mol. The maximum atomic E-state index is 11.8. The van der Waals surface area contributed by atoms with Crippen LogP contribution in [0.25, 0.3) is 0 Å². The van der Waals surface area contributed by atoms with E-state index in [-0.39, 0.29) is 11.3 Å². The highest BCUT2D eigenvalue weighted by molar-refractivity contribution is 5.82. The van der Waals surface area contributed by atoms with E-state index in [1.54, 1.807) is 0 Å². The second-order valence-electron chi connectivity index (χ2n) is 6.31. The predicted octanol–water partition coefficient (Wildman–Crippen LogP) is 2.06. The van der Waals surface area contributed by atoms with Crippen molar-refractivity contribution in [3.63, 3.8) is 0 Å². The maximum absolute atomic E-state index is 11.8. The van der Waals surface area contributed by atoms with Crippen LogP contribution in [0.3, 0.4) is 0 Å². The number of rotatable bonds is 5. The molecule has 0 aromatic heterocycles. The topological polar surface area (TPSA) is 55.1 Å². The van der Waals surface area contributed by atoms with Crippen LogP contribution < -0.4 is 11.1 Å². The van der Waals surface area contributed by atoms with Crippen LogP contribution in [-0.2, 0) is 4.79 Å². The maximum Gasteiger partial charge on any atom is 0.237 e. The number of carbonyl (C=O) groups excluding carboxylic acids is 1. The van der Waals surface area contributed by atoms with Crippen LogP contribution >= 0.6 is 0 Å². The van der Waals surface area contributed by atoms with Crippen molar-refractivity contribution in [3.8, 4) is 0 Å². The third-order valence-electron chi connectivity index (χ3n) is 3.59. The van der Waals surface area contributed by atoms with E-state index in [0.29, 0.717) is 5.41 Å². The van der Waals surface area contributed by atoms with Crippen LogP contribution in [-0.4, -0.2) is 18.5 Å². The Morgan fingerprint density at radius 1 is 1.44 bits per heavy atom. The molecule has 0 aromatic carbocycles. The Bertz CT molecular complexity index is 251. The number of nitrogens with two attached hydrogens (primary N) is 1. The molecule has 0 saturated heterocycles. The van der Waals surface area contributed by atoms with E-state index in [0.717, 1.165) is 6.54 Å². The van der Waals surface area contributed by atoms with E-state index in [2.05, 4.69) is 12.2 Å². The van der Waals surface area contributed by atoms with Crippen LogP contribution in [0.1, 0.15) is 53.4 Å². The molecule has 1 aliphatic rings. The van der Waals surface area contributed by atoms with Gasteiger partial charge in [-0.05, 0) is 30.1 Å². The Kier molecular flexibility index (Phi) is 4.00. The van der Waals surface area contributed by atoms with Gasteiger partial charge in [0.1, 0.15) is 0 Å². The molecule has 16 heavy (non-hydrogen) atoms. The smallest absolute Gasteiger partial charge is 0.237 e. The fraction of sp³-hybridized carbons (Fsp3) is 0.923.